The fraction of sp³-hybridized carbons (Fsp3) is 0.583. The molecule has 20 heavy (non-hydrogen) atoms. The summed E-state index contributed by atoms with van der Waals surface area (Å²) in [5, 5.41) is 13.4. The largest absolute Gasteiger partial charge is 0.367 e. The van der Waals surface area contributed by atoms with Crippen LogP contribution in [0.3, 0.4) is 0 Å². The monoisotopic (exact) mass is 299 g/mol. The van der Waals surface area contributed by atoms with E-state index in [2.05, 4.69) is 10.3 Å². The fourth-order valence-corrected chi connectivity index (χ4v) is 3.63. The number of aromatic nitrogens is 1. The van der Waals surface area contributed by atoms with Crippen LogP contribution in [0.1, 0.15) is 25.7 Å². The lowest BCUT2D eigenvalue weighted by atomic mass is 9.95. The van der Waals surface area contributed by atoms with Crippen LogP contribution in [0.2, 0.25) is 0 Å². The molecule has 1 aromatic heterocycles. The van der Waals surface area contributed by atoms with Gasteiger partial charge < -0.3 is 5.32 Å². The topological polar surface area (TPSA) is 102 Å². The van der Waals surface area contributed by atoms with Crippen LogP contribution in [-0.2, 0) is 9.84 Å². The average molecular weight is 299 g/mol. The molecule has 1 aliphatic rings. The maximum Gasteiger partial charge on any atom is 0.287 e. The zero-order valence-electron chi connectivity index (χ0n) is 11.2. The molecule has 0 radical (unpaired) electrons. The Labute approximate surface area is 117 Å². The molecule has 1 fully saturated rings. The van der Waals surface area contributed by atoms with Crippen molar-refractivity contribution >= 4 is 21.3 Å². The van der Waals surface area contributed by atoms with Gasteiger partial charge in [-0.1, -0.05) is 6.42 Å². The number of sulfone groups is 1. The van der Waals surface area contributed by atoms with Gasteiger partial charge in [-0.2, -0.15) is 0 Å². The lowest BCUT2D eigenvalue weighted by Gasteiger charge is -2.28. The molecule has 1 saturated carbocycles. The molecule has 2 rings (SSSR count). The van der Waals surface area contributed by atoms with Gasteiger partial charge in [-0.3, -0.25) is 10.1 Å². The van der Waals surface area contributed by atoms with Gasteiger partial charge in [-0.25, -0.2) is 13.4 Å². The molecule has 1 aromatic rings. The number of anilines is 1. The molecule has 1 N–H and O–H groups in total. The number of pyridine rings is 1. The highest BCUT2D eigenvalue weighted by Gasteiger charge is 2.28. The van der Waals surface area contributed by atoms with E-state index < -0.39 is 14.8 Å². The maximum atomic E-state index is 11.6. The molecule has 0 saturated heterocycles. The molecule has 1 aliphatic carbocycles. The van der Waals surface area contributed by atoms with E-state index >= 15 is 0 Å². The van der Waals surface area contributed by atoms with Gasteiger partial charge in [0.05, 0.1) is 10.2 Å². The van der Waals surface area contributed by atoms with Crippen molar-refractivity contribution in [3.05, 3.63) is 28.4 Å². The fourth-order valence-electron chi connectivity index (χ4n) is 2.45. The summed E-state index contributed by atoms with van der Waals surface area (Å²) in [5.41, 5.74) is -0.0618. The molecule has 0 aromatic carbocycles. The minimum atomic E-state index is -3.02. The highest BCUT2D eigenvalue weighted by molar-refractivity contribution is 7.91. The second-order valence-corrected chi connectivity index (χ2v) is 7.44. The second-order valence-electron chi connectivity index (χ2n) is 5.12. The zero-order chi connectivity index (χ0) is 14.8. The standard InChI is InChI=1S/C12H17N3O4S/c1-20(18,19)11-4-2-3-9(7-11)14-12-6-5-10(8-13-12)15(16)17/h5-6,8-9,11H,2-4,7H2,1H3,(H,13,14)/t9-,11+/m1/s1. The normalized spacial score (nSPS) is 23.2. The van der Waals surface area contributed by atoms with Crippen molar-refractivity contribution in [2.45, 2.75) is 37.0 Å². The van der Waals surface area contributed by atoms with Gasteiger partial charge in [0.25, 0.3) is 5.69 Å². The molecule has 8 heteroatoms. The summed E-state index contributed by atoms with van der Waals surface area (Å²) in [6, 6.07) is 2.96. The van der Waals surface area contributed by atoms with Crippen molar-refractivity contribution < 1.29 is 13.3 Å². The molecule has 0 spiro atoms. The summed E-state index contributed by atoms with van der Waals surface area (Å²) in [7, 11) is -3.02. The Kier molecular flexibility index (Phi) is 4.22. The molecule has 0 unspecified atom stereocenters. The van der Waals surface area contributed by atoms with Gasteiger partial charge in [-0.05, 0) is 25.3 Å². The van der Waals surface area contributed by atoms with Crippen molar-refractivity contribution in [1.29, 1.82) is 0 Å². The molecule has 1 heterocycles. The predicted molar refractivity (Wildman–Crippen MR) is 75.4 cm³/mol. The predicted octanol–water partition coefficient (Wildman–Crippen LogP) is 1.76. The summed E-state index contributed by atoms with van der Waals surface area (Å²) in [6.07, 6.45) is 5.44. The Morgan fingerprint density at radius 3 is 2.70 bits per heavy atom. The average Bonchev–Trinajstić information content (AvgIpc) is 2.38. The number of nitrogens with one attached hydrogen (secondary N) is 1. The first-order valence-electron chi connectivity index (χ1n) is 6.42. The second kappa shape index (κ2) is 5.74. The lowest BCUT2D eigenvalue weighted by Crippen LogP contribution is -2.34. The van der Waals surface area contributed by atoms with Crippen LogP contribution >= 0.6 is 0 Å². The Morgan fingerprint density at radius 1 is 1.40 bits per heavy atom. The van der Waals surface area contributed by atoms with Crippen molar-refractivity contribution in [3.63, 3.8) is 0 Å². The third-order valence-electron chi connectivity index (χ3n) is 3.54. The lowest BCUT2D eigenvalue weighted by molar-refractivity contribution is -0.385. The number of nitrogens with zero attached hydrogens (tertiary/aromatic N) is 2. The van der Waals surface area contributed by atoms with Crippen molar-refractivity contribution in [3.8, 4) is 0 Å². The molecule has 2 atom stereocenters. The first kappa shape index (κ1) is 14.7. The number of hydrogen-bond donors (Lipinski definition) is 1. The maximum absolute atomic E-state index is 11.6. The highest BCUT2D eigenvalue weighted by atomic mass is 32.2. The minimum absolute atomic E-state index is 0.0393. The van der Waals surface area contributed by atoms with E-state index in [-0.39, 0.29) is 17.0 Å². The first-order valence-corrected chi connectivity index (χ1v) is 8.37. The summed E-state index contributed by atoms with van der Waals surface area (Å²) >= 11 is 0. The quantitative estimate of drug-likeness (QED) is 0.671. The molecule has 0 bridgehead atoms. The van der Waals surface area contributed by atoms with Crippen molar-refractivity contribution in [1.82, 2.24) is 4.98 Å². The summed E-state index contributed by atoms with van der Waals surface area (Å²) < 4.78 is 23.2. The first-order chi connectivity index (χ1) is 9.36. The minimum Gasteiger partial charge on any atom is -0.367 e. The van der Waals surface area contributed by atoms with Crippen molar-refractivity contribution in [2.75, 3.05) is 11.6 Å². The molecule has 0 amide bonds. The van der Waals surface area contributed by atoms with E-state index in [0.29, 0.717) is 18.7 Å². The van der Waals surface area contributed by atoms with Crippen LogP contribution in [-0.4, -0.2) is 35.9 Å². The number of rotatable bonds is 4. The third kappa shape index (κ3) is 3.66. The van der Waals surface area contributed by atoms with E-state index in [9.17, 15) is 18.5 Å². The van der Waals surface area contributed by atoms with E-state index in [1.54, 1.807) is 6.07 Å². The summed E-state index contributed by atoms with van der Waals surface area (Å²) in [6.45, 7) is 0. The number of nitro groups is 1. The van der Waals surface area contributed by atoms with Crippen LogP contribution in [0.4, 0.5) is 11.5 Å². The van der Waals surface area contributed by atoms with Crippen LogP contribution in [0.25, 0.3) is 0 Å². The van der Waals surface area contributed by atoms with Crippen LogP contribution in [0.5, 0.6) is 0 Å². The van der Waals surface area contributed by atoms with E-state index in [0.717, 1.165) is 12.8 Å². The highest BCUT2D eigenvalue weighted by Crippen LogP contribution is 2.26. The van der Waals surface area contributed by atoms with Crippen LogP contribution in [0, 0.1) is 10.1 Å². The number of hydrogen-bond acceptors (Lipinski definition) is 6. The molecule has 7 nitrogen and oxygen atoms in total. The summed E-state index contributed by atoms with van der Waals surface area (Å²) in [4.78, 5) is 14.0. The molecule has 0 aliphatic heterocycles. The van der Waals surface area contributed by atoms with Gasteiger partial charge in [0.1, 0.15) is 21.9 Å². The molecular weight excluding hydrogens is 282 g/mol. The van der Waals surface area contributed by atoms with Gasteiger partial charge in [0, 0.05) is 18.4 Å². The van der Waals surface area contributed by atoms with Crippen LogP contribution in [0.15, 0.2) is 18.3 Å². The van der Waals surface area contributed by atoms with E-state index in [4.69, 9.17) is 0 Å². The Balaban J connectivity index is 2.01. The van der Waals surface area contributed by atoms with Gasteiger partial charge in [0.2, 0.25) is 0 Å². The Morgan fingerprint density at radius 2 is 2.15 bits per heavy atom. The third-order valence-corrected chi connectivity index (χ3v) is 5.18. The van der Waals surface area contributed by atoms with E-state index in [1.807, 2.05) is 0 Å². The van der Waals surface area contributed by atoms with Gasteiger partial charge in [-0.15, -0.1) is 0 Å². The van der Waals surface area contributed by atoms with Crippen molar-refractivity contribution in [2.24, 2.45) is 0 Å². The smallest absolute Gasteiger partial charge is 0.287 e. The SMILES string of the molecule is CS(=O)(=O)[C@H]1CCC[C@@H](Nc2ccc([N+](=O)[O-])cn2)C1. The van der Waals surface area contributed by atoms with E-state index in [1.165, 1.54) is 18.5 Å². The molecule has 110 valence electrons. The zero-order valence-corrected chi connectivity index (χ0v) is 12.0. The van der Waals surface area contributed by atoms with Gasteiger partial charge >= 0.3 is 0 Å². The van der Waals surface area contributed by atoms with Gasteiger partial charge in [0.15, 0.2) is 0 Å². The van der Waals surface area contributed by atoms with Crippen LogP contribution < -0.4 is 5.32 Å². The Hall–Kier alpha value is -1.70. The Bertz CT molecular complexity index is 585. The summed E-state index contributed by atoms with van der Waals surface area (Å²) in [5.74, 6) is 0.537. The molecular formula is C12H17N3O4S.